The van der Waals surface area contributed by atoms with Gasteiger partial charge in [-0.1, -0.05) is 0 Å². The van der Waals surface area contributed by atoms with Gasteiger partial charge in [0.05, 0.1) is 5.69 Å². The molecule has 2 heterocycles. The molecule has 1 aliphatic carbocycles. The van der Waals surface area contributed by atoms with Gasteiger partial charge in [0.15, 0.2) is 0 Å². The standard InChI is InChI=1S/C15H17N3O2S/c1-3-20-15(6-7-15)18-13(19)12-10(2)17-14(21-12)11-5-4-8-16-9-11/h4-5,8-9H,3,6-7H2,1-2H3,(H,18,19). The number of nitrogens with one attached hydrogen (secondary N) is 1. The number of ether oxygens (including phenoxy) is 1. The lowest BCUT2D eigenvalue weighted by Crippen LogP contribution is -2.38. The first kappa shape index (κ1) is 14.2. The molecule has 0 atom stereocenters. The molecule has 1 fully saturated rings. The highest BCUT2D eigenvalue weighted by Crippen LogP contribution is 2.37. The number of carbonyl (C=O) groups excluding carboxylic acids is 1. The van der Waals surface area contributed by atoms with Crippen molar-refractivity contribution < 1.29 is 9.53 Å². The molecule has 0 bridgehead atoms. The molecule has 5 nitrogen and oxygen atoms in total. The van der Waals surface area contributed by atoms with Crippen LogP contribution in [0.3, 0.4) is 0 Å². The van der Waals surface area contributed by atoms with Crippen molar-refractivity contribution in [3.8, 4) is 10.6 Å². The average molecular weight is 303 g/mol. The lowest BCUT2D eigenvalue weighted by atomic mass is 10.3. The van der Waals surface area contributed by atoms with E-state index in [0.717, 1.165) is 29.1 Å². The summed E-state index contributed by atoms with van der Waals surface area (Å²) in [5, 5.41) is 3.80. The van der Waals surface area contributed by atoms with Crippen molar-refractivity contribution in [2.45, 2.75) is 32.4 Å². The highest BCUT2D eigenvalue weighted by atomic mass is 32.1. The SMILES string of the molecule is CCOC1(NC(=O)c2sc(-c3cccnc3)nc2C)CC1. The molecule has 110 valence electrons. The molecule has 0 radical (unpaired) electrons. The molecule has 2 aromatic rings. The molecule has 3 rings (SSSR count). The number of aromatic nitrogens is 2. The van der Waals surface area contributed by atoms with Crippen LogP contribution in [0.15, 0.2) is 24.5 Å². The highest BCUT2D eigenvalue weighted by Gasteiger charge is 2.45. The summed E-state index contributed by atoms with van der Waals surface area (Å²) in [6, 6.07) is 3.80. The van der Waals surface area contributed by atoms with Crippen LogP contribution in [0.1, 0.15) is 35.1 Å². The average Bonchev–Trinajstić information content (AvgIpc) is 3.11. The van der Waals surface area contributed by atoms with E-state index in [-0.39, 0.29) is 5.91 Å². The van der Waals surface area contributed by atoms with E-state index in [9.17, 15) is 4.79 Å². The maximum atomic E-state index is 12.4. The van der Waals surface area contributed by atoms with Gasteiger partial charge in [0.2, 0.25) is 0 Å². The van der Waals surface area contributed by atoms with Crippen LogP contribution >= 0.6 is 11.3 Å². The van der Waals surface area contributed by atoms with Crippen LogP contribution in [-0.2, 0) is 4.74 Å². The normalized spacial score (nSPS) is 15.7. The summed E-state index contributed by atoms with van der Waals surface area (Å²) in [5.41, 5.74) is 1.22. The molecule has 2 aromatic heterocycles. The first-order chi connectivity index (χ1) is 10.1. The largest absolute Gasteiger partial charge is 0.356 e. The Bertz CT molecular complexity index is 650. The Morgan fingerprint density at radius 1 is 1.52 bits per heavy atom. The third kappa shape index (κ3) is 2.96. The minimum Gasteiger partial charge on any atom is -0.356 e. The number of hydrogen-bond acceptors (Lipinski definition) is 5. The van der Waals surface area contributed by atoms with Gasteiger partial charge in [0, 0.05) is 24.6 Å². The van der Waals surface area contributed by atoms with Crippen LogP contribution in [0.2, 0.25) is 0 Å². The highest BCUT2D eigenvalue weighted by molar-refractivity contribution is 7.17. The predicted octanol–water partition coefficient (Wildman–Crippen LogP) is 2.77. The van der Waals surface area contributed by atoms with E-state index in [1.165, 1.54) is 11.3 Å². The molecule has 6 heteroatoms. The molecular weight excluding hydrogens is 286 g/mol. The fraction of sp³-hybridized carbons (Fsp3) is 0.400. The molecule has 0 unspecified atom stereocenters. The van der Waals surface area contributed by atoms with Gasteiger partial charge in [-0.2, -0.15) is 0 Å². The van der Waals surface area contributed by atoms with E-state index in [2.05, 4.69) is 15.3 Å². The maximum absolute atomic E-state index is 12.4. The summed E-state index contributed by atoms with van der Waals surface area (Å²) in [4.78, 5) is 21.6. The second kappa shape index (κ2) is 5.54. The smallest absolute Gasteiger partial charge is 0.265 e. The van der Waals surface area contributed by atoms with Crippen molar-refractivity contribution in [3.63, 3.8) is 0 Å². The van der Waals surface area contributed by atoms with E-state index in [1.807, 2.05) is 26.0 Å². The van der Waals surface area contributed by atoms with Crippen LogP contribution in [0.4, 0.5) is 0 Å². The van der Waals surface area contributed by atoms with E-state index >= 15 is 0 Å². The zero-order chi connectivity index (χ0) is 14.9. The lowest BCUT2D eigenvalue weighted by molar-refractivity contribution is 0.0166. The molecular formula is C15H17N3O2S. The molecule has 1 aliphatic rings. The molecule has 1 saturated carbocycles. The fourth-order valence-corrected chi connectivity index (χ4v) is 3.13. The van der Waals surface area contributed by atoms with Gasteiger partial charge in [-0.25, -0.2) is 4.98 Å². The Kier molecular flexibility index (Phi) is 3.73. The van der Waals surface area contributed by atoms with Crippen LogP contribution in [0.25, 0.3) is 10.6 Å². The third-order valence-corrected chi connectivity index (χ3v) is 4.58. The number of nitrogens with zero attached hydrogens (tertiary/aromatic N) is 2. The number of carbonyl (C=O) groups is 1. The minimum absolute atomic E-state index is 0.105. The zero-order valence-corrected chi connectivity index (χ0v) is 12.9. The number of thiazole rings is 1. The van der Waals surface area contributed by atoms with Crippen LogP contribution in [-0.4, -0.2) is 28.2 Å². The second-order valence-electron chi connectivity index (χ2n) is 5.06. The number of aryl methyl sites for hydroxylation is 1. The Labute approximate surface area is 127 Å². The summed E-state index contributed by atoms with van der Waals surface area (Å²) < 4.78 is 5.61. The quantitative estimate of drug-likeness (QED) is 0.863. The van der Waals surface area contributed by atoms with E-state index in [0.29, 0.717) is 11.5 Å². The van der Waals surface area contributed by atoms with Crippen molar-refractivity contribution in [3.05, 3.63) is 35.1 Å². The predicted molar refractivity (Wildman–Crippen MR) is 81.1 cm³/mol. The summed E-state index contributed by atoms with van der Waals surface area (Å²) in [6.07, 6.45) is 5.22. The Hall–Kier alpha value is -1.79. The molecule has 1 N–H and O–H groups in total. The van der Waals surface area contributed by atoms with E-state index < -0.39 is 5.72 Å². The lowest BCUT2D eigenvalue weighted by Gasteiger charge is -2.16. The summed E-state index contributed by atoms with van der Waals surface area (Å²) in [5.74, 6) is -0.105. The fourth-order valence-electron chi connectivity index (χ4n) is 2.18. The van der Waals surface area contributed by atoms with Gasteiger partial charge >= 0.3 is 0 Å². The van der Waals surface area contributed by atoms with E-state index in [4.69, 9.17) is 4.74 Å². The zero-order valence-electron chi connectivity index (χ0n) is 12.0. The van der Waals surface area contributed by atoms with Crippen LogP contribution < -0.4 is 5.32 Å². The first-order valence-corrected chi connectivity index (χ1v) is 7.79. The number of pyridine rings is 1. The Morgan fingerprint density at radius 3 is 2.95 bits per heavy atom. The van der Waals surface area contributed by atoms with Crippen molar-refractivity contribution in [1.29, 1.82) is 0 Å². The third-order valence-electron chi connectivity index (χ3n) is 3.38. The van der Waals surface area contributed by atoms with Gasteiger partial charge in [-0.3, -0.25) is 9.78 Å². The maximum Gasteiger partial charge on any atom is 0.265 e. The molecule has 0 aromatic carbocycles. The van der Waals surface area contributed by atoms with Crippen molar-refractivity contribution in [2.75, 3.05) is 6.61 Å². The van der Waals surface area contributed by atoms with Gasteiger partial charge < -0.3 is 10.1 Å². The Balaban J connectivity index is 1.80. The summed E-state index contributed by atoms with van der Waals surface area (Å²) >= 11 is 1.39. The molecule has 21 heavy (non-hydrogen) atoms. The number of amides is 1. The summed E-state index contributed by atoms with van der Waals surface area (Å²) in [6.45, 7) is 4.39. The number of rotatable bonds is 5. The monoisotopic (exact) mass is 303 g/mol. The second-order valence-corrected chi connectivity index (χ2v) is 6.06. The van der Waals surface area contributed by atoms with Crippen LogP contribution in [0.5, 0.6) is 0 Å². The molecule has 0 spiro atoms. The molecule has 0 aliphatic heterocycles. The van der Waals surface area contributed by atoms with Gasteiger partial charge in [0.1, 0.15) is 15.6 Å². The van der Waals surface area contributed by atoms with Gasteiger partial charge in [0.25, 0.3) is 5.91 Å². The summed E-state index contributed by atoms with van der Waals surface area (Å²) in [7, 11) is 0. The van der Waals surface area contributed by atoms with Crippen molar-refractivity contribution in [2.24, 2.45) is 0 Å². The first-order valence-electron chi connectivity index (χ1n) is 6.98. The minimum atomic E-state index is -0.448. The van der Waals surface area contributed by atoms with Crippen molar-refractivity contribution in [1.82, 2.24) is 15.3 Å². The van der Waals surface area contributed by atoms with Crippen molar-refractivity contribution >= 4 is 17.2 Å². The molecule has 0 saturated heterocycles. The van der Waals surface area contributed by atoms with Gasteiger partial charge in [-0.15, -0.1) is 11.3 Å². The van der Waals surface area contributed by atoms with E-state index in [1.54, 1.807) is 12.4 Å². The topological polar surface area (TPSA) is 64.1 Å². The van der Waals surface area contributed by atoms with Gasteiger partial charge in [-0.05, 0) is 38.8 Å². The molecule has 1 amide bonds. The Morgan fingerprint density at radius 2 is 2.33 bits per heavy atom. The van der Waals surface area contributed by atoms with Crippen LogP contribution in [0, 0.1) is 6.92 Å². The number of hydrogen-bond donors (Lipinski definition) is 1.